The van der Waals surface area contributed by atoms with Crippen molar-refractivity contribution in [2.45, 2.75) is 13.8 Å². The number of amides is 1. The Labute approximate surface area is 172 Å². The fourth-order valence-electron chi connectivity index (χ4n) is 2.53. The minimum atomic E-state index is -0.383. The van der Waals surface area contributed by atoms with Gasteiger partial charge in [-0.2, -0.15) is 5.10 Å². The van der Waals surface area contributed by atoms with Crippen LogP contribution in [0, 0.1) is 13.8 Å². The van der Waals surface area contributed by atoms with Crippen LogP contribution in [0.2, 0.25) is 10.0 Å². The van der Waals surface area contributed by atoms with Crippen LogP contribution in [0.1, 0.15) is 16.9 Å². The van der Waals surface area contributed by atoms with Crippen LogP contribution in [0.4, 0.5) is 0 Å². The van der Waals surface area contributed by atoms with Crippen LogP contribution >= 0.6 is 23.2 Å². The number of aryl methyl sites for hydroxylation is 2. The number of nitrogens with one attached hydrogen (secondary N) is 1. The Morgan fingerprint density at radius 2 is 1.79 bits per heavy atom. The van der Waals surface area contributed by atoms with Crippen LogP contribution in [-0.4, -0.2) is 18.7 Å². The van der Waals surface area contributed by atoms with Gasteiger partial charge in [0.1, 0.15) is 17.3 Å². The van der Waals surface area contributed by atoms with E-state index in [0.29, 0.717) is 27.3 Å². The molecule has 1 N–H and O–H groups in total. The van der Waals surface area contributed by atoms with E-state index in [9.17, 15) is 4.79 Å². The number of furan rings is 1. The second kappa shape index (κ2) is 8.95. The first-order valence-electron chi connectivity index (χ1n) is 8.49. The molecule has 0 unspecified atom stereocenters. The van der Waals surface area contributed by atoms with Gasteiger partial charge in [-0.1, -0.05) is 23.2 Å². The normalized spacial score (nSPS) is 11.0. The van der Waals surface area contributed by atoms with Crippen LogP contribution in [0.5, 0.6) is 5.75 Å². The molecule has 0 fully saturated rings. The number of hydrogen-bond donors (Lipinski definition) is 1. The van der Waals surface area contributed by atoms with E-state index in [1.54, 1.807) is 30.3 Å². The third kappa shape index (κ3) is 5.15. The van der Waals surface area contributed by atoms with E-state index >= 15 is 0 Å². The van der Waals surface area contributed by atoms with Crippen LogP contribution in [0.15, 0.2) is 58.0 Å². The van der Waals surface area contributed by atoms with Crippen LogP contribution < -0.4 is 10.2 Å². The zero-order valence-corrected chi connectivity index (χ0v) is 16.8. The van der Waals surface area contributed by atoms with Crippen molar-refractivity contribution in [3.05, 3.63) is 75.5 Å². The number of halogens is 2. The molecule has 144 valence electrons. The van der Waals surface area contributed by atoms with Crippen LogP contribution in [0.3, 0.4) is 0 Å². The maximum Gasteiger partial charge on any atom is 0.277 e. The second-order valence-corrected chi connectivity index (χ2v) is 6.98. The molecular formula is C21H18Cl2N2O3. The zero-order valence-electron chi connectivity index (χ0n) is 15.3. The lowest BCUT2D eigenvalue weighted by atomic mass is 10.1. The summed E-state index contributed by atoms with van der Waals surface area (Å²) in [6.07, 6.45) is 1.42. The van der Waals surface area contributed by atoms with Crippen molar-refractivity contribution >= 4 is 35.3 Å². The molecule has 5 nitrogen and oxygen atoms in total. The second-order valence-electron chi connectivity index (χ2n) is 6.16. The molecule has 0 saturated carbocycles. The van der Waals surface area contributed by atoms with Crippen LogP contribution in [-0.2, 0) is 4.79 Å². The van der Waals surface area contributed by atoms with E-state index < -0.39 is 0 Å². The third-order valence-corrected chi connectivity index (χ3v) is 4.76. The number of carbonyl (C=O) groups is 1. The number of benzene rings is 2. The Morgan fingerprint density at radius 3 is 2.46 bits per heavy atom. The highest BCUT2D eigenvalue weighted by atomic mass is 35.5. The number of hydrogen-bond acceptors (Lipinski definition) is 4. The van der Waals surface area contributed by atoms with Gasteiger partial charge in [0.05, 0.1) is 6.21 Å². The average Bonchev–Trinajstić information content (AvgIpc) is 3.14. The maximum absolute atomic E-state index is 11.9. The first-order valence-corrected chi connectivity index (χ1v) is 9.25. The Morgan fingerprint density at radius 1 is 1.11 bits per heavy atom. The monoisotopic (exact) mass is 416 g/mol. The number of ether oxygens (including phenoxy) is 1. The quantitative estimate of drug-likeness (QED) is 0.432. The predicted molar refractivity (Wildman–Crippen MR) is 111 cm³/mol. The highest BCUT2D eigenvalue weighted by Crippen LogP contribution is 2.26. The summed E-state index contributed by atoms with van der Waals surface area (Å²) in [6.45, 7) is 3.61. The van der Waals surface area contributed by atoms with Gasteiger partial charge in [-0.25, -0.2) is 5.43 Å². The van der Waals surface area contributed by atoms with Gasteiger partial charge < -0.3 is 9.15 Å². The molecule has 0 aliphatic rings. The molecular weight excluding hydrogens is 399 g/mol. The van der Waals surface area contributed by atoms with Crippen LogP contribution in [0.25, 0.3) is 11.3 Å². The minimum absolute atomic E-state index is 0.161. The Bertz CT molecular complexity index is 988. The summed E-state index contributed by atoms with van der Waals surface area (Å²) in [5, 5.41) is 5.23. The molecule has 0 aliphatic carbocycles. The lowest BCUT2D eigenvalue weighted by molar-refractivity contribution is -0.123. The van der Waals surface area contributed by atoms with Gasteiger partial charge in [-0.05, 0) is 73.5 Å². The number of hydrazone groups is 1. The van der Waals surface area contributed by atoms with Gasteiger partial charge in [0.15, 0.2) is 6.61 Å². The largest absolute Gasteiger partial charge is 0.484 e. The van der Waals surface area contributed by atoms with Gasteiger partial charge in [-0.3, -0.25) is 4.79 Å². The smallest absolute Gasteiger partial charge is 0.277 e. The molecule has 3 aromatic rings. The fourth-order valence-corrected chi connectivity index (χ4v) is 2.77. The molecule has 7 heteroatoms. The highest BCUT2D eigenvalue weighted by molar-refractivity contribution is 6.32. The van der Waals surface area contributed by atoms with Crippen molar-refractivity contribution in [1.29, 1.82) is 0 Å². The van der Waals surface area contributed by atoms with E-state index in [2.05, 4.69) is 10.5 Å². The summed E-state index contributed by atoms with van der Waals surface area (Å²) >= 11 is 12.0. The summed E-state index contributed by atoms with van der Waals surface area (Å²) < 4.78 is 11.2. The van der Waals surface area contributed by atoms with Gasteiger partial charge >= 0.3 is 0 Å². The summed E-state index contributed by atoms with van der Waals surface area (Å²) in [4.78, 5) is 11.9. The van der Waals surface area contributed by atoms with Crippen molar-refractivity contribution < 1.29 is 13.9 Å². The predicted octanol–water partition coefficient (Wildman–Crippen LogP) is 5.40. The molecule has 0 saturated heterocycles. The van der Waals surface area contributed by atoms with E-state index in [4.69, 9.17) is 32.4 Å². The fraction of sp³-hybridized carbons (Fsp3) is 0.143. The van der Waals surface area contributed by atoms with Gasteiger partial charge in [0, 0.05) is 15.6 Å². The highest BCUT2D eigenvalue weighted by Gasteiger charge is 2.07. The van der Waals surface area contributed by atoms with Crippen molar-refractivity contribution in [2.75, 3.05) is 6.61 Å². The first kappa shape index (κ1) is 20.0. The standard InChI is InChI=1S/C21H18Cl2N2O3/c1-13-9-18(10-14(2)21(13)23)27-12-20(26)25-24-11-17-7-8-19(28-17)15-3-5-16(22)6-4-15/h3-11H,12H2,1-2H3,(H,25,26)/b24-11+. The lowest BCUT2D eigenvalue weighted by Crippen LogP contribution is -2.24. The van der Waals surface area contributed by atoms with Crippen molar-refractivity contribution in [2.24, 2.45) is 5.10 Å². The summed E-state index contributed by atoms with van der Waals surface area (Å²) in [7, 11) is 0. The SMILES string of the molecule is Cc1cc(OCC(=O)N/N=C/c2ccc(-c3ccc(Cl)cc3)o2)cc(C)c1Cl. The van der Waals surface area contributed by atoms with E-state index in [1.165, 1.54) is 6.21 Å². The first-order chi connectivity index (χ1) is 13.4. The van der Waals surface area contributed by atoms with Gasteiger partial charge in [-0.15, -0.1) is 0 Å². The minimum Gasteiger partial charge on any atom is -0.484 e. The van der Waals surface area contributed by atoms with E-state index in [-0.39, 0.29) is 12.5 Å². The molecule has 3 rings (SSSR count). The molecule has 0 aliphatic heterocycles. The number of carbonyl (C=O) groups excluding carboxylic acids is 1. The number of nitrogens with zero attached hydrogens (tertiary/aromatic N) is 1. The van der Waals surface area contributed by atoms with E-state index in [0.717, 1.165) is 16.7 Å². The molecule has 1 amide bonds. The van der Waals surface area contributed by atoms with Crippen molar-refractivity contribution in [1.82, 2.24) is 5.43 Å². The number of rotatable bonds is 6. The lowest BCUT2D eigenvalue weighted by Gasteiger charge is -2.09. The Hall–Kier alpha value is -2.76. The summed E-state index contributed by atoms with van der Waals surface area (Å²) in [5.41, 5.74) is 5.08. The summed E-state index contributed by atoms with van der Waals surface area (Å²) in [5.74, 6) is 1.39. The third-order valence-electron chi connectivity index (χ3n) is 3.92. The van der Waals surface area contributed by atoms with E-state index in [1.807, 2.05) is 32.0 Å². The van der Waals surface area contributed by atoms with Crippen molar-refractivity contribution in [3.63, 3.8) is 0 Å². The molecule has 0 bridgehead atoms. The molecule has 0 atom stereocenters. The Balaban J connectivity index is 1.52. The molecule has 0 radical (unpaired) electrons. The molecule has 1 aromatic heterocycles. The molecule has 2 aromatic carbocycles. The van der Waals surface area contributed by atoms with Gasteiger partial charge in [0.2, 0.25) is 0 Å². The molecule has 1 heterocycles. The van der Waals surface area contributed by atoms with Gasteiger partial charge in [0.25, 0.3) is 5.91 Å². The maximum atomic E-state index is 11.9. The molecule has 28 heavy (non-hydrogen) atoms. The zero-order chi connectivity index (χ0) is 20.1. The molecule has 0 spiro atoms. The average molecular weight is 417 g/mol. The van der Waals surface area contributed by atoms with Crippen molar-refractivity contribution in [3.8, 4) is 17.1 Å². The topological polar surface area (TPSA) is 63.8 Å². The summed E-state index contributed by atoms with van der Waals surface area (Å²) in [6, 6.07) is 14.5. The Kier molecular flexibility index (Phi) is 6.39.